The van der Waals surface area contributed by atoms with E-state index < -0.39 is 17.8 Å². The van der Waals surface area contributed by atoms with E-state index in [2.05, 4.69) is 5.32 Å². The molecule has 0 saturated carbocycles. The summed E-state index contributed by atoms with van der Waals surface area (Å²) in [6.07, 6.45) is 1.36. The molecule has 0 fully saturated rings. The molecule has 2 aromatic carbocycles. The van der Waals surface area contributed by atoms with Gasteiger partial charge in [-0.05, 0) is 25.1 Å². The molecule has 4 rings (SSSR count). The molecule has 0 spiro atoms. The Bertz CT molecular complexity index is 1400. The quantitative estimate of drug-likeness (QED) is 0.326. The first kappa shape index (κ1) is 24.4. The standard InChI is InChI=1S/C26H23NO9/c1-4-33-26(30)23-17(15-8-5-6-9-19(15)36-23)14-35-25(29)16-12-21(31-2)22(32-3)13-18(16)27-24(28)20-10-7-11-34-20/h5-13H,4,14H2,1-3H3,(H,27,28). The predicted molar refractivity (Wildman–Crippen MR) is 127 cm³/mol. The van der Waals surface area contributed by atoms with Crippen LogP contribution in [0, 0.1) is 0 Å². The van der Waals surface area contributed by atoms with Crippen LogP contribution in [-0.4, -0.2) is 38.7 Å². The summed E-state index contributed by atoms with van der Waals surface area (Å²) in [5.74, 6) is -1.50. The van der Waals surface area contributed by atoms with E-state index in [1.165, 1.54) is 38.7 Å². The van der Waals surface area contributed by atoms with Crippen LogP contribution in [0.25, 0.3) is 11.0 Å². The second-order valence-electron chi connectivity index (χ2n) is 7.39. The monoisotopic (exact) mass is 493 g/mol. The molecule has 0 aliphatic rings. The third-order valence-electron chi connectivity index (χ3n) is 5.24. The van der Waals surface area contributed by atoms with Gasteiger partial charge in [-0.1, -0.05) is 18.2 Å². The number of para-hydroxylation sites is 1. The van der Waals surface area contributed by atoms with Crippen molar-refractivity contribution in [3.63, 3.8) is 0 Å². The number of carbonyl (C=O) groups is 3. The summed E-state index contributed by atoms with van der Waals surface area (Å²) < 4.78 is 32.0. The number of amides is 1. The van der Waals surface area contributed by atoms with Gasteiger partial charge < -0.3 is 33.1 Å². The number of esters is 2. The zero-order chi connectivity index (χ0) is 25.7. The number of hydrogen-bond donors (Lipinski definition) is 1. The molecule has 1 N–H and O–H groups in total. The van der Waals surface area contributed by atoms with Crippen LogP contribution in [0.1, 0.15) is 44.0 Å². The minimum Gasteiger partial charge on any atom is -0.493 e. The van der Waals surface area contributed by atoms with Gasteiger partial charge in [0.2, 0.25) is 5.76 Å². The van der Waals surface area contributed by atoms with Crippen LogP contribution in [0.4, 0.5) is 5.69 Å². The SMILES string of the molecule is CCOC(=O)c1oc2ccccc2c1COC(=O)c1cc(OC)c(OC)cc1NC(=O)c1ccco1. The highest BCUT2D eigenvalue weighted by Crippen LogP contribution is 2.35. The van der Waals surface area contributed by atoms with Crippen LogP contribution in [0.3, 0.4) is 0 Å². The molecule has 0 aliphatic carbocycles. The minimum absolute atomic E-state index is 0.00181. The zero-order valence-electron chi connectivity index (χ0n) is 19.8. The largest absolute Gasteiger partial charge is 0.493 e. The minimum atomic E-state index is -0.786. The van der Waals surface area contributed by atoms with Crippen molar-refractivity contribution in [2.75, 3.05) is 26.1 Å². The average molecular weight is 493 g/mol. The van der Waals surface area contributed by atoms with Crippen molar-refractivity contribution < 1.29 is 42.2 Å². The van der Waals surface area contributed by atoms with Gasteiger partial charge in [-0.15, -0.1) is 0 Å². The summed E-state index contributed by atoms with van der Waals surface area (Å²) in [6, 6.07) is 12.8. The number of methoxy groups -OCH3 is 2. The van der Waals surface area contributed by atoms with Gasteiger partial charge in [-0.2, -0.15) is 0 Å². The van der Waals surface area contributed by atoms with Gasteiger partial charge in [0, 0.05) is 17.5 Å². The summed E-state index contributed by atoms with van der Waals surface area (Å²) in [6.45, 7) is 1.54. The van der Waals surface area contributed by atoms with E-state index in [0.29, 0.717) is 16.5 Å². The van der Waals surface area contributed by atoms with Gasteiger partial charge in [0.05, 0.1) is 43.9 Å². The molecule has 36 heavy (non-hydrogen) atoms. The molecule has 2 heterocycles. The second kappa shape index (κ2) is 10.7. The molecule has 0 unspecified atom stereocenters. The topological polar surface area (TPSA) is 126 Å². The van der Waals surface area contributed by atoms with Crippen LogP contribution in [0.15, 0.2) is 63.6 Å². The molecule has 4 aromatic rings. The maximum atomic E-state index is 13.2. The fourth-order valence-corrected chi connectivity index (χ4v) is 3.56. The number of carbonyl (C=O) groups excluding carboxylic acids is 3. The lowest BCUT2D eigenvalue weighted by molar-refractivity contribution is 0.0436. The highest BCUT2D eigenvalue weighted by atomic mass is 16.5. The Hall–Kier alpha value is -4.73. The number of furan rings is 2. The van der Waals surface area contributed by atoms with E-state index in [1.54, 1.807) is 37.3 Å². The van der Waals surface area contributed by atoms with E-state index in [4.69, 9.17) is 27.8 Å². The summed E-state index contributed by atoms with van der Waals surface area (Å²) in [5.41, 5.74) is 0.919. The number of ether oxygens (including phenoxy) is 4. The van der Waals surface area contributed by atoms with Gasteiger partial charge in [-0.25, -0.2) is 9.59 Å². The van der Waals surface area contributed by atoms with Crippen molar-refractivity contribution in [3.8, 4) is 11.5 Å². The predicted octanol–water partition coefficient (Wildman–Crippen LogP) is 4.83. The Kier molecular flexibility index (Phi) is 7.24. The molecule has 1 amide bonds. The van der Waals surface area contributed by atoms with Crippen molar-refractivity contribution in [1.29, 1.82) is 0 Å². The molecule has 0 bridgehead atoms. The van der Waals surface area contributed by atoms with Crippen molar-refractivity contribution in [2.45, 2.75) is 13.5 Å². The van der Waals surface area contributed by atoms with Crippen molar-refractivity contribution >= 4 is 34.5 Å². The molecule has 0 saturated heterocycles. The normalized spacial score (nSPS) is 10.6. The third-order valence-corrected chi connectivity index (χ3v) is 5.24. The smallest absolute Gasteiger partial charge is 0.374 e. The number of nitrogens with one attached hydrogen (secondary N) is 1. The maximum Gasteiger partial charge on any atom is 0.374 e. The van der Waals surface area contributed by atoms with Crippen LogP contribution in [0.5, 0.6) is 11.5 Å². The van der Waals surface area contributed by atoms with E-state index in [1.807, 2.05) is 0 Å². The summed E-state index contributed by atoms with van der Waals surface area (Å²) >= 11 is 0. The lowest BCUT2D eigenvalue weighted by Crippen LogP contribution is -2.16. The van der Waals surface area contributed by atoms with E-state index in [9.17, 15) is 14.4 Å². The Balaban J connectivity index is 1.66. The van der Waals surface area contributed by atoms with Crippen LogP contribution < -0.4 is 14.8 Å². The number of benzene rings is 2. The van der Waals surface area contributed by atoms with Crippen molar-refractivity contribution in [1.82, 2.24) is 0 Å². The third kappa shape index (κ3) is 4.88. The molecule has 0 aliphatic heterocycles. The second-order valence-corrected chi connectivity index (χ2v) is 7.39. The number of fused-ring (bicyclic) bond motifs is 1. The van der Waals surface area contributed by atoms with Crippen LogP contribution >= 0.6 is 0 Å². The molecular weight excluding hydrogens is 470 g/mol. The Morgan fingerprint density at radius 1 is 0.917 bits per heavy atom. The van der Waals surface area contributed by atoms with Gasteiger partial charge in [0.25, 0.3) is 5.91 Å². The molecule has 186 valence electrons. The Morgan fingerprint density at radius 3 is 2.36 bits per heavy atom. The maximum absolute atomic E-state index is 13.2. The van der Waals surface area contributed by atoms with E-state index in [-0.39, 0.29) is 47.5 Å². The first-order valence-corrected chi connectivity index (χ1v) is 10.9. The summed E-state index contributed by atoms with van der Waals surface area (Å²) in [5, 5.41) is 3.23. The number of hydrogen-bond acceptors (Lipinski definition) is 9. The first-order valence-electron chi connectivity index (χ1n) is 10.9. The fourth-order valence-electron chi connectivity index (χ4n) is 3.56. The lowest BCUT2D eigenvalue weighted by atomic mass is 10.1. The zero-order valence-corrected chi connectivity index (χ0v) is 19.8. The molecular formula is C26H23NO9. The molecule has 10 nitrogen and oxygen atoms in total. The van der Waals surface area contributed by atoms with Crippen molar-refractivity contribution in [2.24, 2.45) is 0 Å². The van der Waals surface area contributed by atoms with E-state index in [0.717, 1.165) is 0 Å². The van der Waals surface area contributed by atoms with Crippen LogP contribution in [0.2, 0.25) is 0 Å². The van der Waals surface area contributed by atoms with Crippen LogP contribution in [-0.2, 0) is 16.1 Å². The molecule has 10 heteroatoms. The number of rotatable bonds is 9. The van der Waals surface area contributed by atoms with Gasteiger partial charge >= 0.3 is 11.9 Å². The fraction of sp³-hybridized carbons (Fsp3) is 0.192. The van der Waals surface area contributed by atoms with Gasteiger partial charge in [-0.3, -0.25) is 4.79 Å². The summed E-state index contributed by atoms with van der Waals surface area (Å²) in [4.78, 5) is 38.2. The Labute approximate surface area is 205 Å². The molecule has 0 atom stereocenters. The lowest BCUT2D eigenvalue weighted by Gasteiger charge is -2.15. The molecule has 0 radical (unpaired) electrons. The van der Waals surface area contributed by atoms with Gasteiger partial charge in [0.1, 0.15) is 12.2 Å². The molecule has 2 aromatic heterocycles. The highest BCUT2D eigenvalue weighted by molar-refractivity contribution is 6.07. The first-order chi connectivity index (χ1) is 17.5. The Morgan fingerprint density at radius 2 is 1.67 bits per heavy atom. The van der Waals surface area contributed by atoms with E-state index >= 15 is 0 Å². The average Bonchev–Trinajstić information content (AvgIpc) is 3.55. The summed E-state index contributed by atoms with van der Waals surface area (Å²) in [7, 11) is 2.84. The van der Waals surface area contributed by atoms with Gasteiger partial charge in [0.15, 0.2) is 17.3 Å². The highest BCUT2D eigenvalue weighted by Gasteiger charge is 2.25. The number of anilines is 1. The van der Waals surface area contributed by atoms with Crippen molar-refractivity contribution in [3.05, 3.63) is 77.4 Å².